The lowest BCUT2D eigenvalue weighted by Crippen LogP contribution is -2.38. The molecule has 2 N–H and O–H groups in total. The molecule has 1 amide bonds. The summed E-state index contributed by atoms with van der Waals surface area (Å²) in [5.41, 5.74) is 0. The number of nitrogens with zero attached hydrogens (tertiary/aromatic N) is 1. The van der Waals surface area contributed by atoms with Crippen molar-refractivity contribution in [3.63, 3.8) is 0 Å². The molecule has 2 saturated carbocycles. The lowest BCUT2D eigenvalue weighted by molar-refractivity contribution is -0.119. The molecule has 2 heterocycles. The molecule has 4 atom stereocenters. The molecule has 22 heavy (non-hydrogen) atoms. The quantitative estimate of drug-likeness (QED) is 0.839. The fourth-order valence-corrected chi connectivity index (χ4v) is 6.12. The number of carbonyl (C=O) groups excluding carboxylic acids is 1. The smallest absolute Gasteiger partial charge is 0.264 e. The molecule has 2 aliphatic heterocycles. The van der Waals surface area contributed by atoms with Gasteiger partial charge in [0.15, 0.2) is 5.17 Å². The van der Waals surface area contributed by atoms with Crippen molar-refractivity contribution in [3.05, 3.63) is 0 Å². The Hall–Kier alpha value is -0.550. The minimum absolute atomic E-state index is 0.0849. The van der Waals surface area contributed by atoms with Gasteiger partial charge in [-0.15, -0.1) is 0 Å². The highest BCUT2D eigenvalue weighted by atomic mass is 32.2. The summed E-state index contributed by atoms with van der Waals surface area (Å²) in [5, 5.41) is 7.92. The third-order valence-corrected chi connectivity index (χ3v) is 7.36. The molecule has 2 aliphatic carbocycles. The van der Waals surface area contributed by atoms with Crippen LogP contribution in [0.15, 0.2) is 4.99 Å². The molecule has 1 saturated heterocycles. The van der Waals surface area contributed by atoms with E-state index in [0.29, 0.717) is 12.0 Å². The van der Waals surface area contributed by atoms with Gasteiger partial charge >= 0.3 is 0 Å². The van der Waals surface area contributed by atoms with E-state index in [1.165, 1.54) is 38.5 Å². The summed E-state index contributed by atoms with van der Waals surface area (Å²) in [6.45, 7) is 4.29. The molecule has 0 radical (unpaired) electrons. The third kappa shape index (κ3) is 2.82. The van der Waals surface area contributed by atoms with Crippen LogP contribution < -0.4 is 10.6 Å². The van der Waals surface area contributed by atoms with Gasteiger partial charge in [0.1, 0.15) is 4.75 Å². The van der Waals surface area contributed by atoms with E-state index in [0.717, 1.165) is 36.5 Å². The van der Waals surface area contributed by atoms with Crippen molar-refractivity contribution >= 4 is 22.8 Å². The molecule has 0 aromatic carbocycles. The average molecular weight is 321 g/mol. The normalized spacial score (nSPS) is 42.0. The number of amides is 1. The van der Waals surface area contributed by atoms with Crippen LogP contribution in [0.2, 0.25) is 0 Å². The minimum atomic E-state index is -0.331. The molecule has 5 heteroatoms. The zero-order valence-electron chi connectivity index (χ0n) is 13.4. The van der Waals surface area contributed by atoms with Crippen LogP contribution in [0.1, 0.15) is 51.9 Å². The third-order valence-electron chi connectivity index (χ3n) is 6.16. The van der Waals surface area contributed by atoms with E-state index < -0.39 is 0 Å². The van der Waals surface area contributed by atoms with Crippen molar-refractivity contribution < 1.29 is 4.79 Å². The van der Waals surface area contributed by atoms with Crippen LogP contribution in [-0.2, 0) is 4.79 Å². The molecule has 4 nitrogen and oxygen atoms in total. The fourth-order valence-electron chi connectivity index (χ4n) is 4.90. The van der Waals surface area contributed by atoms with E-state index in [-0.39, 0.29) is 10.7 Å². The van der Waals surface area contributed by atoms with Crippen LogP contribution >= 0.6 is 11.8 Å². The second-order valence-electron chi connectivity index (χ2n) is 7.88. The van der Waals surface area contributed by atoms with Gasteiger partial charge in [-0.3, -0.25) is 4.79 Å². The summed E-state index contributed by atoms with van der Waals surface area (Å²) in [7, 11) is 0. The molecule has 122 valence electrons. The van der Waals surface area contributed by atoms with Crippen molar-refractivity contribution in [2.75, 3.05) is 13.1 Å². The highest BCUT2D eigenvalue weighted by Crippen LogP contribution is 2.46. The molecule has 3 unspecified atom stereocenters. The average Bonchev–Trinajstić information content (AvgIpc) is 3.16. The van der Waals surface area contributed by atoms with Gasteiger partial charge in [0, 0.05) is 6.04 Å². The molecular weight excluding hydrogens is 294 g/mol. The van der Waals surface area contributed by atoms with Gasteiger partial charge < -0.3 is 10.6 Å². The van der Waals surface area contributed by atoms with Gasteiger partial charge in [-0.1, -0.05) is 18.2 Å². The van der Waals surface area contributed by atoms with Gasteiger partial charge in [0.05, 0.1) is 0 Å². The minimum Gasteiger partial charge on any atom is -0.361 e. The van der Waals surface area contributed by atoms with Gasteiger partial charge in [-0.25, -0.2) is 0 Å². The van der Waals surface area contributed by atoms with Crippen molar-refractivity contribution in [3.8, 4) is 0 Å². The van der Waals surface area contributed by atoms with E-state index in [1.54, 1.807) is 11.8 Å². The predicted octanol–water partition coefficient (Wildman–Crippen LogP) is 2.54. The number of rotatable bonds is 3. The molecule has 0 spiro atoms. The number of piperidine rings is 1. The van der Waals surface area contributed by atoms with E-state index in [1.807, 2.05) is 0 Å². The number of aliphatic imine (C=N–C) groups is 1. The largest absolute Gasteiger partial charge is 0.361 e. The van der Waals surface area contributed by atoms with Crippen LogP contribution in [0.3, 0.4) is 0 Å². The summed E-state index contributed by atoms with van der Waals surface area (Å²) in [6, 6.07) is 0.569. The second-order valence-corrected chi connectivity index (χ2v) is 9.37. The first-order chi connectivity index (χ1) is 10.6. The second kappa shape index (κ2) is 5.82. The summed E-state index contributed by atoms with van der Waals surface area (Å²) in [5.74, 6) is 2.49. The molecule has 0 aromatic heterocycles. The Bertz CT molecular complexity index is 488. The molecule has 2 bridgehead atoms. The standard InChI is InChI=1S/C17H27N3OS/c1-17(10-11-4-6-18-7-5-11)15(21)20-16(22-17)19-14-9-12-2-3-13(14)8-12/h11-14,18H,2-10H2,1H3,(H,19,20,21)/t12?,13?,14-,17?/m0/s1. The van der Waals surface area contributed by atoms with Crippen molar-refractivity contribution in [2.24, 2.45) is 22.7 Å². The number of carbonyl (C=O) groups is 1. The Morgan fingerprint density at radius 3 is 2.77 bits per heavy atom. The number of hydrogen-bond donors (Lipinski definition) is 2. The van der Waals surface area contributed by atoms with Gasteiger partial charge in [-0.05, 0) is 76.3 Å². The van der Waals surface area contributed by atoms with E-state index in [9.17, 15) is 4.79 Å². The maximum absolute atomic E-state index is 12.4. The predicted molar refractivity (Wildman–Crippen MR) is 91.0 cm³/mol. The lowest BCUT2D eigenvalue weighted by Gasteiger charge is -2.30. The first-order valence-corrected chi connectivity index (χ1v) is 9.73. The zero-order chi connectivity index (χ0) is 15.2. The van der Waals surface area contributed by atoms with E-state index >= 15 is 0 Å². The Morgan fingerprint density at radius 2 is 2.09 bits per heavy atom. The number of amidine groups is 1. The Balaban J connectivity index is 1.35. The number of nitrogens with one attached hydrogen (secondary N) is 2. The maximum Gasteiger partial charge on any atom is 0.264 e. The summed E-state index contributed by atoms with van der Waals surface area (Å²) in [4.78, 5) is 16.8. The van der Waals surface area contributed by atoms with Crippen LogP contribution in [0.4, 0.5) is 0 Å². The SMILES string of the molecule is CC1(CC2CCNCC2)SC(N[C@H]2CC3CCC2C3)=NC1=O. The van der Waals surface area contributed by atoms with E-state index in [2.05, 4.69) is 22.5 Å². The Kier molecular flexibility index (Phi) is 3.97. The van der Waals surface area contributed by atoms with Crippen LogP contribution in [0, 0.1) is 17.8 Å². The van der Waals surface area contributed by atoms with Crippen molar-refractivity contribution in [2.45, 2.75) is 62.7 Å². The number of fused-ring (bicyclic) bond motifs is 2. The molecular formula is C17H27N3OS. The maximum atomic E-state index is 12.4. The summed E-state index contributed by atoms with van der Waals surface area (Å²) in [6.07, 6.45) is 8.80. The first-order valence-electron chi connectivity index (χ1n) is 8.92. The Morgan fingerprint density at radius 1 is 1.27 bits per heavy atom. The topological polar surface area (TPSA) is 53.5 Å². The van der Waals surface area contributed by atoms with Gasteiger partial charge in [0.2, 0.25) is 0 Å². The highest BCUT2D eigenvalue weighted by molar-refractivity contribution is 8.16. The lowest BCUT2D eigenvalue weighted by atomic mass is 9.88. The Labute approximate surface area is 137 Å². The van der Waals surface area contributed by atoms with Crippen LogP contribution in [-0.4, -0.2) is 35.0 Å². The van der Waals surface area contributed by atoms with Gasteiger partial charge in [0.25, 0.3) is 5.91 Å². The summed E-state index contributed by atoms with van der Waals surface area (Å²) >= 11 is 1.70. The fraction of sp³-hybridized carbons (Fsp3) is 0.882. The highest BCUT2D eigenvalue weighted by Gasteiger charge is 2.45. The van der Waals surface area contributed by atoms with Gasteiger partial charge in [-0.2, -0.15) is 4.99 Å². The van der Waals surface area contributed by atoms with E-state index in [4.69, 9.17) is 0 Å². The number of thioether (sulfide) groups is 1. The monoisotopic (exact) mass is 321 g/mol. The zero-order valence-corrected chi connectivity index (χ0v) is 14.3. The number of hydrogen-bond acceptors (Lipinski definition) is 4. The molecule has 4 rings (SSSR count). The van der Waals surface area contributed by atoms with Crippen LogP contribution in [0.5, 0.6) is 0 Å². The first kappa shape index (κ1) is 15.0. The summed E-state index contributed by atoms with van der Waals surface area (Å²) < 4.78 is -0.331. The molecule has 0 aromatic rings. The molecule has 3 fully saturated rings. The van der Waals surface area contributed by atoms with Crippen molar-refractivity contribution in [1.29, 1.82) is 0 Å². The molecule has 4 aliphatic rings. The van der Waals surface area contributed by atoms with Crippen molar-refractivity contribution in [1.82, 2.24) is 10.6 Å². The van der Waals surface area contributed by atoms with Crippen LogP contribution in [0.25, 0.3) is 0 Å².